The van der Waals surface area contributed by atoms with E-state index in [1.54, 1.807) is 11.7 Å². The number of carbonyl (C=O) groups is 3. The first-order valence-electron chi connectivity index (χ1n) is 10.6. The summed E-state index contributed by atoms with van der Waals surface area (Å²) in [6.07, 6.45) is -0.798. The number of nitrogens with one attached hydrogen (secondary N) is 2. The van der Waals surface area contributed by atoms with Crippen molar-refractivity contribution in [2.45, 2.75) is 24.5 Å². The van der Waals surface area contributed by atoms with Gasteiger partial charge in [-0.05, 0) is 22.3 Å². The Morgan fingerprint density at radius 2 is 1.71 bits per heavy atom. The molecule has 3 aromatic rings. The van der Waals surface area contributed by atoms with Crippen molar-refractivity contribution >= 4 is 29.3 Å². The molecule has 1 heterocycles. The van der Waals surface area contributed by atoms with Crippen molar-refractivity contribution in [1.82, 2.24) is 15.6 Å². The SMILES string of the molecule is O=C(NC(Cc1cncs1)C(=O)NC[C@H](O)C(=O)O)OCC1c2ccccc2-c2ccccc21. The van der Waals surface area contributed by atoms with Crippen LogP contribution in [0.3, 0.4) is 0 Å². The van der Waals surface area contributed by atoms with Crippen molar-refractivity contribution in [2.24, 2.45) is 0 Å². The fraction of sp³-hybridized carbons (Fsp3) is 0.250. The summed E-state index contributed by atoms with van der Waals surface area (Å²) in [4.78, 5) is 40.8. The molecule has 4 rings (SSSR count). The number of amides is 2. The number of fused-ring (bicyclic) bond motifs is 3. The van der Waals surface area contributed by atoms with Crippen LogP contribution in [0, 0.1) is 0 Å². The number of thiazole rings is 1. The van der Waals surface area contributed by atoms with E-state index >= 15 is 0 Å². The van der Waals surface area contributed by atoms with E-state index in [9.17, 15) is 19.5 Å². The first-order valence-corrected chi connectivity index (χ1v) is 11.5. The number of hydrogen-bond acceptors (Lipinski definition) is 7. The zero-order chi connectivity index (χ0) is 24.1. The number of carboxylic acid groups (broad SMARTS) is 1. The van der Waals surface area contributed by atoms with Gasteiger partial charge >= 0.3 is 12.1 Å². The molecule has 2 atom stereocenters. The van der Waals surface area contributed by atoms with Crippen LogP contribution in [0.25, 0.3) is 11.1 Å². The van der Waals surface area contributed by atoms with E-state index in [0.717, 1.165) is 27.1 Å². The van der Waals surface area contributed by atoms with Crippen LogP contribution in [0.5, 0.6) is 0 Å². The van der Waals surface area contributed by atoms with Crippen LogP contribution in [-0.2, 0) is 20.7 Å². The number of benzene rings is 2. The Morgan fingerprint density at radius 1 is 1.06 bits per heavy atom. The summed E-state index contributed by atoms with van der Waals surface area (Å²) in [5.41, 5.74) is 5.94. The summed E-state index contributed by atoms with van der Waals surface area (Å²) >= 11 is 1.32. The highest BCUT2D eigenvalue weighted by molar-refractivity contribution is 7.09. The van der Waals surface area contributed by atoms with Gasteiger partial charge in [-0.2, -0.15) is 0 Å². The van der Waals surface area contributed by atoms with Crippen LogP contribution in [0.15, 0.2) is 60.2 Å². The second-order valence-corrected chi connectivity index (χ2v) is 8.76. The highest BCUT2D eigenvalue weighted by atomic mass is 32.1. The fourth-order valence-corrected chi connectivity index (χ4v) is 4.59. The van der Waals surface area contributed by atoms with Gasteiger partial charge in [0.15, 0.2) is 6.10 Å². The summed E-state index contributed by atoms with van der Waals surface area (Å²) in [6.45, 7) is -0.397. The van der Waals surface area contributed by atoms with E-state index in [1.165, 1.54) is 11.3 Å². The first kappa shape index (κ1) is 23.4. The second kappa shape index (κ2) is 10.4. The van der Waals surface area contributed by atoms with Gasteiger partial charge in [-0.15, -0.1) is 11.3 Å². The number of rotatable bonds is 9. The number of hydrogen-bond donors (Lipinski definition) is 4. The lowest BCUT2D eigenvalue weighted by atomic mass is 9.98. The lowest BCUT2D eigenvalue weighted by molar-refractivity contribution is -0.146. The minimum absolute atomic E-state index is 0.0898. The molecule has 0 spiro atoms. The molecule has 1 unspecified atom stereocenters. The average molecular weight is 482 g/mol. The standard InChI is InChI=1S/C24H23N3O6S/c28-21(23(30)31)11-26-22(29)20(9-14-10-25-13-34-14)27-24(32)33-12-19-17-7-3-1-5-15(17)16-6-2-4-8-18(16)19/h1-8,10,13,19-21,28H,9,11-12H2,(H,26,29)(H,27,32)(H,30,31)/t20?,21-/m0/s1. The molecule has 0 saturated heterocycles. The zero-order valence-electron chi connectivity index (χ0n) is 18.0. The van der Waals surface area contributed by atoms with Crippen molar-refractivity contribution < 1.29 is 29.3 Å². The van der Waals surface area contributed by atoms with Gasteiger partial charge in [-0.25, -0.2) is 9.59 Å². The molecule has 34 heavy (non-hydrogen) atoms. The predicted molar refractivity (Wildman–Crippen MR) is 124 cm³/mol. The average Bonchev–Trinajstić information content (AvgIpc) is 3.46. The molecule has 1 aromatic heterocycles. The highest BCUT2D eigenvalue weighted by Crippen LogP contribution is 2.44. The Balaban J connectivity index is 1.42. The molecule has 0 bridgehead atoms. The molecule has 2 aromatic carbocycles. The number of nitrogens with zero attached hydrogens (tertiary/aromatic N) is 1. The van der Waals surface area contributed by atoms with Gasteiger partial charge in [0.1, 0.15) is 12.6 Å². The van der Waals surface area contributed by atoms with Gasteiger partial charge in [0.2, 0.25) is 5.91 Å². The Kier molecular flexibility index (Phi) is 7.19. The predicted octanol–water partition coefficient (Wildman–Crippen LogP) is 2.15. The largest absolute Gasteiger partial charge is 0.479 e. The van der Waals surface area contributed by atoms with Crippen molar-refractivity contribution in [3.63, 3.8) is 0 Å². The van der Waals surface area contributed by atoms with Crippen LogP contribution in [0.2, 0.25) is 0 Å². The number of aliphatic hydroxyl groups excluding tert-OH is 1. The second-order valence-electron chi connectivity index (χ2n) is 7.79. The van der Waals surface area contributed by atoms with Gasteiger partial charge in [-0.3, -0.25) is 9.78 Å². The number of aromatic nitrogens is 1. The molecule has 10 heteroatoms. The van der Waals surface area contributed by atoms with Crippen LogP contribution >= 0.6 is 11.3 Å². The van der Waals surface area contributed by atoms with Crippen LogP contribution < -0.4 is 10.6 Å². The Morgan fingerprint density at radius 3 is 2.29 bits per heavy atom. The van der Waals surface area contributed by atoms with Crippen molar-refractivity contribution in [3.8, 4) is 11.1 Å². The maximum atomic E-state index is 12.6. The molecule has 9 nitrogen and oxygen atoms in total. The molecule has 4 N–H and O–H groups in total. The minimum atomic E-state index is -1.75. The van der Waals surface area contributed by atoms with E-state index in [-0.39, 0.29) is 18.9 Å². The Hall–Kier alpha value is -3.76. The third-order valence-corrected chi connectivity index (χ3v) is 6.40. The van der Waals surface area contributed by atoms with Gasteiger partial charge < -0.3 is 25.6 Å². The quantitative estimate of drug-likeness (QED) is 0.367. The normalized spacial score (nSPS) is 13.9. The van der Waals surface area contributed by atoms with Crippen LogP contribution in [0.1, 0.15) is 21.9 Å². The molecule has 0 fully saturated rings. The van der Waals surface area contributed by atoms with Crippen molar-refractivity contribution in [2.75, 3.05) is 13.2 Å². The van der Waals surface area contributed by atoms with Crippen molar-refractivity contribution in [3.05, 3.63) is 76.2 Å². The molecule has 1 aliphatic carbocycles. The fourth-order valence-electron chi connectivity index (χ4n) is 3.94. The minimum Gasteiger partial charge on any atom is -0.479 e. The van der Waals surface area contributed by atoms with E-state index in [2.05, 4.69) is 15.6 Å². The smallest absolute Gasteiger partial charge is 0.407 e. The number of aliphatic hydroxyl groups is 1. The maximum Gasteiger partial charge on any atom is 0.407 e. The van der Waals surface area contributed by atoms with Gasteiger partial charge in [0.05, 0.1) is 12.1 Å². The monoisotopic (exact) mass is 481 g/mol. The molecule has 0 saturated carbocycles. The molecule has 1 aliphatic rings. The van der Waals surface area contributed by atoms with E-state index in [4.69, 9.17) is 9.84 Å². The van der Waals surface area contributed by atoms with Gasteiger partial charge in [-0.1, -0.05) is 48.5 Å². The summed E-state index contributed by atoms with van der Waals surface area (Å²) in [7, 11) is 0. The summed E-state index contributed by atoms with van der Waals surface area (Å²) in [6, 6.07) is 14.9. The number of aliphatic carboxylic acids is 1. The molecular formula is C24H23N3O6S. The number of ether oxygens (including phenoxy) is 1. The van der Waals surface area contributed by atoms with E-state index in [0.29, 0.717) is 0 Å². The van der Waals surface area contributed by atoms with E-state index in [1.807, 2.05) is 48.5 Å². The molecular weight excluding hydrogens is 458 g/mol. The topological polar surface area (TPSA) is 138 Å². The molecule has 176 valence electrons. The lowest BCUT2D eigenvalue weighted by Crippen LogP contribution is -2.50. The first-order chi connectivity index (χ1) is 16.4. The van der Waals surface area contributed by atoms with Crippen molar-refractivity contribution in [1.29, 1.82) is 0 Å². The van der Waals surface area contributed by atoms with Gasteiger partial charge in [0, 0.05) is 23.4 Å². The number of carboxylic acids is 1. The third kappa shape index (κ3) is 5.24. The Labute approximate surface area is 199 Å². The molecule has 0 aliphatic heterocycles. The molecule has 2 amide bonds. The lowest BCUT2D eigenvalue weighted by Gasteiger charge is -2.19. The number of carbonyl (C=O) groups excluding carboxylic acids is 2. The van der Waals surface area contributed by atoms with Crippen LogP contribution in [0.4, 0.5) is 4.79 Å². The maximum absolute atomic E-state index is 12.6. The highest BCUT2D eigenvalue weighted by Gasteiger charge is 2.30. The third-order valence-electron chi connectivity index (χ3n) is 5.60. The van der Waals surface area contributed by atoms with Crippen LogP contribution in [-0.4, -0.2) is 58.5 Å². The zero-order valence-corrected chi connectivity index (χ0v) is 18.8. The Bertz CT molecular complexity index is 1140. The molecule has 0 radical (unpaired) electrons. The number of alkyl carbamates (subject to hydrolysis) is 1. The summed E-state index contributed by atoms with van der Waals surface area (Å²) in [5, 5.41) is 23.1. The summed E-state index contributed by atoms with van der Waals surface area (Å²) < 4.78 is 5.52. The van der Waals surface area contributed by atoms with Gasteiger partial charge in [0.25, 0.3) is 0 Å². The van der Waals surface area contributed by atoms with E-state index < -0.39 is 36.7 Å². The summed E-state index contributed by atoms with van der Waals surface area (Å²) in [5.74, 6) is -2.22.